The van der Waals surface area contributed by atoms with Gasteiger partial charge in [0.15, 0.2) is 6.61 Å². The molecule has 39 heavy (non-hydrogen) atoms. The monoisotopic (exact) mass is 531 g/mol. The molecule has 0 aliphatic carbocycles. The van der Waals surface area contributed by atoms with Gasteiger partial charge in [-0.2, -0.15) is 0 Å². The van der Waals surface area contributed by atoms with E-state index >= 15 is 0 Å². The van der Waals surface area contributed by atoms with Crippen molar-refractivity contribution < 1.29 is 23.5 Å². The quantitative estimate of drug-likeness (QED) is 0.237. The van der Waals surface area contributed by atoms with Gasteiger partial charge in [0.05, 0.1) is 6.54 Å². The summed E-state index contributed by atoms with van der Waals surface area (Å²) in [6.45, 7) is 1.33. The minimum Gasteiger partial charge on any atom is -0.484 e. The Labute approximate surface area is 228 Å². The molecule has 1 N–H and O–H groups in total. The van der Waals surface area contributed by atoms with Crippen molar-refractivity contribution in [3.8, 4) is 5.75 Å². The van der Waals surface area contributed by atoms with Crippen LogP contribution in [0.25, 0.3) is 10.9 Å². The van der Waals surface area contributed by atoms with Crippen LogP contribution in [0.15, 0.2) is 85.1 Å². The Kier molecular flexibility index (Phi) is 10.1. The number of hydrogen-bond donors (Lipinski definition) is 1. The van der Waals surface area contributed by atoms with Gasteiger partial charge in [-0.15, -0.1) is 0 Å². The van der Waals surface area contributed by atoms with Gasteiger partial charge in [-0.3, -0.25) is 9.59 Å². The van der Waals surface area contributed by atoms with E-state index in [9.17, 15) is 14.0 Å². The van der Waals surface area contributed by atoms with E-state index < -0.39 is 0 Å². The molecule has 7 nitrogen and oxygen atoms in total. The van der Waals surface area contributed by atoms with Crippen molar-refractivity contribution in [1.29, 1.82) is 0 Å². The van der Waals surface area contributed by atoms with E-state index in [-0.39, 0.29) is 30.8 Å². The number of hydrogen-bond acceptors (Lipinski definition) is 4. The van der Waals surface area contributed by atoms with Crippen molar-refractivity contribution in [3.63, 3.8) is 0 Å². The number of rotatable bonds is 14. The number of fused-ring (bicyclic) bond motifs is 1. The Hall–Kier alpha value is -4.17. The summed E-state index contributed by atoms with van der Waals surface area (Å²) in [5, 5.41) is 1.11. The molecule has 0 saturated carbocycles. The van der Waals surface area contributed by atoms with Crippen LogP contribution < -0.4 is 4.74 Å². The van der Waals surface area contributed by atoms with Crippen LogP contribution in [0.1, 0.15) is 17.5 Å². The number of methoxy groups -OCH3 is 1. The summed E-state index contributed by atoms with van der Waals surface area (Å²) in [4.78, 5) is 33.3. The Morgan fingerprint density at radius 2 is 1.62 bits per heavy atom. The summed E-state index contributed by atoms with van der Waals surface area (Å²) in [6, 6.07) is 23.3. The first kappa shape index (κ1) is 27.9. The molecule has 0 saturated heterocycles. The number of nitrogens with zero attached hydrogens (tertiary/aromatic N) is 2. The van der Waals surface area contributed by atoms with Crippen molar-refractivity contribution in [2.24, 2.45) is 0 Å². The Morgan fingerprint density at radius 1 is 0.872 bits per heavy atom. The van der Waals surface area contributed by atoms with Crippen molar-refractivity contribution in [2.45, 2.75) is 19.4 Å². The summed E-state index contributed by atoms with van der Waals surface area (Å²) >= 11 is 0. The maximum Gasteiger partial charge on any atom is 0.260 e. The molecule has 0 spiro atoms. The van der Waals surface area contributed by atoms with E-state index in [1.54, 1.807) is 36.3 Å². The molecule has 0 atom stereocenters. The molecule has 1 aromatic heterocycles. The third-order valence-corrected chi connectivity index (χ3v) is 6.53. The standard InChI is InChI=1S/C31H34FN3O4/c1-38-19-7-17-34(31(37)23-39-27-8-3-2-4-9-27)22-30(36)35(21-24-12-14-26(32)15-13-24)18-16-25-20-33-29-11-6-5-10-28(25)29/h2-6,8-15,20,33H,7,16-19,21-23H2,1H3. The zero-order valence-corrected chi connectivity index (χ0v) is 22.1. The molecule has 0 unspecified atom stereocenters. The van der Waals surface area contributed by atoms with E-state index in [4.69, 9.17) is 9.47 Å². The molecular weight excluding hydrogens is 497 g/mol. The molecule has 4 rings (SSSR count). The number of para-hydroxylation sites is 2. The lowest BCUT2D eigenvalue weighted by Crippen LogP contribution is -2.45. The first-order chi connectivity index (χ1) is 19.0. The van der Waals surface area contributed by atoms with E-state index in [1.807, 2.05) is 42.6 Å². The van der Waals surface area contributed by atoms with Crippen LogP contribution >= 0.6 is 0 Å². The molecule has 2 amide bonds. The van der Waals surface area contributed by atoms with Gasteiger partial charge >= 0.3 is 0 Å². The fraction of sp³-hybridized carbons (Fsp3) is 0.290. The fourth-order valence-electron chi connectivity index (χ4n) is 4.40. The first-order valence-corrected chi connectivity index (χ1v) is 13.1. The number of amides is 2. The van der Waals surface area contributed by atoms with Gasteiger partial charge in [-0.25, -0.2) is 4.39 Å². The Morgan fingerprint density at radius 3 is 2.38 bits per heavy atom. The van der Waals surface area contributed by atoms with Gasteiger partial charge in [-0.05, 0) is 54.3 Å². The molecular formula is C31H34FN3O4. The van der Waals surface area contributed by atoms with Gasteiger partial charge in [0.1, 0.15) is 11.6 Å². The van der Waals surface area contributed by atoms with Crippen molar-refractivity contribution in [3.05, 3.63) is 102 Å². The van der Waals surface area contributed by atoms with Gasteiger partial charge in [0.25, 0.3) is 5.91 Å². The van der Waals surface area contributed by atoms with Crippen LogP contribution in [-0.4, -0.2) is 66.6 Å². The molecule has 0 radical (unpaired) electrons. The van der Waals surface area contributed by atoms with Gasteiger partial charge in [-0.1, -0.05) is 48.5 Å². The number of nitrogens with one attached hydrogen (secondary N) is 1. The summed E-state index contributed by atoms with van der Waals surface area (Å²) < 4.78 is 24.3. The second-order valence-electron chi connectivity index (χ2n) is 9.31. The molecule has 0 bridgehead atoms. The third-order valence-electron chi connectivity index (χ3n) is 6.53. The number of aromatic nitrogens is 1. The van der Waals surface area contributed by atoms with E-state index in [0.29, 0.717) is 44.8 Å². The van der Waals surface area contributed by atoms with Gasteiger partial charge < -0.3 is 24.3 Å². The average Bonchev–Trinajstić information content (AvgIpc) is 3.38. The molecule has 0 aliphatic rings. The van der Waals surface area contributed by atoms with E-state index in [2.05, 4.69) is 11.1 Å². The lowest BCUT2D eigenvalue weighted by molar-refractivity contribution is -0.142. The first-order valence-electron chi connectivity index (χ1n) is 13.1. The predicted molar refractivity (Wildman–Crippen MR) is 149 cm³/mol. The van der Waals surface area contributed by atoms with E-state index in [0.717, 1.165) is 22.0 Å². The minimum atomic E-state index is -0.330. The number of ether oxygens (including phenoxy) is 2. The highest BCUT2D eigenvalue weighted by Crippen LogP contribution is 2.19. The Bertz CT molecular complexity index is 1340. The molecule has 204 valence electrons. The fourth-order valence-corrected chi connectivity index (χ4v) is 4.40. The summed E-state index contributed by atoms with van der Waals surface area (Å²) in [7, 11) is 1.60. The Balaban J connectivity index is 1.47. The highest BCUT2D eigenvalue weighted by Gasteiger charge is 2.22. The number of H-pyrrole nitrogens is 1. The SMILES string of the molecule is COCCCN(CC(=O)N(CCc1c[nH]c2ccccc12)Cc1ccc(F)cc1)C(=O)COc1ccccc1. The van der Waals surface area contributed by atoms with Crippen molar-refractivity contribution in [2.75, 3.05) is 40.0 Å². The number of carbonyl (C=O) groups excluding carboxylic acids is 2. The summed E-state index contributed by atoms with van der Waals surface area (Å²) in [5.41, 5.74) is 2.96. The minimum absolute atomic E-state index is 0.0875. The number of carbonyl (C=O) groups is 2. The predicted octanol–water partition coefficient (Wildman–Crippen LogP) is 4.82. The second-order valence-corrected chi connectivity index (χ2v) is 9.31. The van der Waals surface area contributed by atoms with Crippen molar-refractivity contribution >= 4 is 22.7 Å². The lowest BCUT2D eigenvalue weighted by atomic mass is 10.1. The van der Waals surface area contributed by atoms with Crippen LogP contribution in [0.4, 0.5) is 4.39 Å². The van der Waals surface area contributed by atoms with Crippen LogP contribution in [0.5, 0.6) is 5.75 Å². The average molecular weight is 532 g/mol. The number of aromatic amines is 1. The van der Waals surface area contributed by atoms with Crippen LogP contribution in [0.3, 0.4) is 0 Å². The zero-order chi connectivity index (χ0) is 27.5. The molecule has 0 aliphatic heterocycles. The summed E-state index contributed by atoms with van der Waals surface area (Å²) in [6.07, 6.45) is 3.19. The highest BCUT2D eigenvalue weighted by atomic mass is 19.1. The lowest BCUT2D eigenvalue weighted by Gasteiger charge is -2.28. The highest BCUT2D eigenvalue weighted by molar-refractivity contribution is 5.86. The normalized spacial score (nSPS) is 10.9. The van der Waals surface area contributed by atoms with Crippen LogP contribution in [0.2, 0.25) is 0 Å². The molecule has 3 aromatic carbocycles. The summed E-state index contributed by atoms with van der Waals surface area (Å²) in [5.74, 6) is -0.208. The largest absolute Gasteiger partial charge is 0.484 e. The van der Waals surface area contributed by atoms with Crippen LogP contribution in [0, 0.1) is 5.82 Å². The molecule has 4 aromatic rings. The molecule has 0 fully saturated rings. The van der Waals surface area contributed by atoms with Crippen LogP contribution in [-0.2, 0) is 27.3 Å². The topological polar surface area (TPSA) is 74.9 Å². The maximum atomic E-state index is 13.6. The number of halogens is 1. The molecule has 8 heteroatoms. The van der Waals surface area contributed by atoms with Crippen molar-refractivity contribution in [1.82, 2.24) is 14.8 Å². The zero-order valence-electron chi connectivity index (χ0n) is 22.1. The second kappa shape index (κ2) is 14.1. The van der Waals surface area contributed by atoms with Gasteiger partial charge in [0, 0.05) is 50.5 Å². The maximum absolute atomic E-state index is 13.6. The smallest absolute Gasteiger partial charge is 0.260 e. The molecule has 1 heterocycles. The van der Waals surface area contributed by atoms with E-state index in [1.165, 1.54) is 17.0 Å². The number of benzene rings is 3. The third kappa shape index (κ3) is 8.15. The van der Waals surface area contributed by atoms with Gasteiger partial charge in [0.2, 0.25) is 5.91 Å².